The van der Waals surface area contributed by atoms with Crippen LogP contribution in [-0.2, 0) is 20.7 Å². The van der Waals surface area contributed by atoms with Crippen LogP contribution in [0, 0.1) is 17.6 Å². The van der Waals surface area contributed by atoms with E-state index < -0.39 is 53.1 Å². The second-order valence-electron chi connectivity index (χ2n) is 10.5. The normalized spacial score (nSPS) is 27.3. The van der Waals surface area contributed by atoms with Gasteiger partial charge in [0, 0.05) is 25.0 Å². The van der Waals surface area contributed by atoms with Gasteiger partial charge in [-0.25, -0.2) is 27.3 Å². The standard InChI is InChI=1S/C28H30F4N4O3/c1-6-14-15(7-8-16(29)21(14)30)20-13(2)27(3,28(4,31)32)39-24(20)25-35-18-11-12-33-22(23(18)36-25)17-9-10-19(34-17)26(37)38-5/h7-8,11-13,19-20,24H,6,9-10H2,1-5H3,(H,35,36)/t13?,19?,20?,24-,27-/m1/s1. The topological polar surface area (TPSA) is 89.5 Å². The summed E-state index contributed by atoms with van der Waals surface area (Å²) in [6, 6.07) is 3.53. The number of carbonyl (C=O) groups excluding carboxylic acids is 1. The highest BCUT2D eigenvalue weighted by atomic mass is 19.3. The number of ether oxygens (including phenoxy) is 2. The minimum Gasteiger partial charge on any atom is -0.467 e. The zero-order chi connectivity index (χ0) is 28.3. The molecule has 2 aliphatic rings. The van der Waals surface area contributed by atoms with Crippen molar-refractivity contribution in [1.29, 1.82) is 0 Å². The van der Waals surface area contributed by atoms with Crippen LogP contribution >= 0.6 is 0 Å². The first-order chi connectivity index (χ1) is 18.4. The number of hydrogen-bond acceptors (Lipinski definition) is 6. The SMILES string of the molecule is CCc1c(C2C(C)[C@](C)(C(C)(F)F)O[C@H]2c2nc3c(C4=NC(C(=O)OC)CC4)nccc3[nH]2)ccc(F)c1F. The number of fused-ring (bicyclic) bond motifs is 1. The van der Waals surface area contributed by atoms with Crippen molar-refractivity contribution in [3.8, 4) is 0 Å². The van der Waals surface area contributed by atoms with Crippen molar-refractivity contribution in [1.82, 2.24) is 15.0 Å². The van der Waals surface area contributed by atoms with Gasteiger partial charge < -0.3 is 14.5 Å². The van der Waals surface area contributed by atoms with Gasteiger partial charge in [-0.05, 0) is 49.4 Å². The van der Waals surface area contributed by atoms with Crippen LogP contribution in [0.4, 0.5) is 17.6 Å². The van der Waals surface area contributed by atoms with Crippen molar-refractivity contribution in [3.63, 3.8) is 0 Å². The first kappa shape index (κ1) is 27.2. The van der Waals surface area contributed by atoms with Crippen LogP contribution in [-0.4, -0.2) is 51.3 Å². The number of aromatic nitrogens is 3. The van der Waals surface area contributed by atoms with Gasteiger partial charge in [0.25, 0.3) is 5.92 Å². The molecular formula is C28H30F4N4O3. The lowest BCUT2D eigenvalue weighted by atomic mass is 9.74. The smallest absolute Gasteiger partial charge is 0.330 e. The number of pyridine rings is 1. The van der Waals surface area contributed by atoms with Crippen LogP contribution < -0.4 is 0 Å². The Kier molecular flexibility index (Phi) is 6.77. The van der Waals surface area contributed by atoms with Crippen molar-refractivity contribution >= 4 is 22.7 Å². The summed E-state index contributed by atoms with van der Waals surface area (Å²) < 4.78 is 70.0. The van der Waals surface area contributed by atoms with Crippen molar-refractivity contribution < 1.29 is 31.8 Å². The molecule has 1 saturated heterocycles. The molecule has 0 aliphatic carbocycles. The zero-order valence-electron chi connectivity index (χ0n) is 22.3. The van der Waals surface area contributed by atoms with Gasteiger partial charge in [0.05, 0.1) is 18.3 Å². The Morgan fingerprint density at radius 1 is 1.28 bits per heavy atom. The quantitative estimate of drug-likeness (QED) is 0.311. The molecule has 7 nitrogen and oxygen atoms in total. The largest absolute Gasteiger partial charge is 0.467 e. The second-order valence-corrected chi connectivity index (χ2v) is 10.5. The third kappa shape index (κ3) is 4.31. The van der Waals surface area contributed by atoms with Crippen molar-refractivity contribution in [2.45, 2.75) is 76.5 Å². The first-order valence-electron chi connectivity index (χ1n) is 12.9. The van der Waals surface area contributed by atoms with E-state index >= 15 is 8.78 Å². The minimum atomic E-state index is -3.25. The average Bonchev–Trinajstić information content (AvgIpc) is 3.62. The molecule has 1 aromatic carbocycles. The van der Waals surface area contributed by atoms with E-state index in [1.807, 2.05) is 0 Å². The highest BCUT2D eigenvalue weighted by molar-refractivity contribution is 6.09. The summed E-state index contributed by atoms with van der Waals surface area (Å²) in [6.07, 6.45) is 1.69. The van der Waals surface area contributed by atoms with E-state index in [-0.39, 0.29) is 17.8 Å². The fourth-order valence-electron chi connectivity index (χ4n) is 5.87. The Hall–Kier alpha value is -3.34. The first-order valence-corrected chi connectivity index (χ1v) is 12.9. The van der Waals surface area contributed by atoms with Crippen LogP contribution in [0.3, 0.4) is 0 Å². The van der Waals surface area contributed by atoms with Crippen LogP contribution in [0.5, 0.6) is 0 Å². The van der Waals surface area contributed by atoms with Gasteiger partial charge >= 0.3 is 5.97 Å². The third-order valence-electron chi connectivity index (χ3n) is 8.32. The summed E-state index contributed by atoms with van der Waals surface area (Å²) in [4.78, 5) is 28.8. The average molecular weight is 547 g/mol. The van der Waals surface area contributed by atoms with E-state index in [9.17, 15) is 13.6 Å². The van der Waals surface area contributed by atoms with Gasteiger partial charge in [0.2, 0.25) is 0 Å². The van der Waals surface area contributed by atoms with Gasteiger partial charge in [-0.15, -0.1) is 0 Å². The Morgan fingerprint density at radius 2 is 2.03 bits per heavy atom. The Morgan fingerprint density at radius 3 is 2.69 bits per heavy atom. The molecule has 2 aromatic heterocycles. The maximum absolute atomic E-state index is 15.0. The maximum atomic E-state index is 15.0. The minimum absolute atomic E-state index is 0.122. The number of rotatable bonds is 6. The number of alkyl halides is 2. The molecule has 208 valence electrons. The molecule has 5 atom stereocenters. The number of nitrogens with zero attached hydrogens (tertiary/aromatic N) is 3. The predicted molar refractivity (Wildman–Crippen MR) is 136 cm³/mol. The van der Waals surface area contributed by atoms with Gasteiger partial charge in [-0.3, -0.25) is 9.98 Å². The van der Waals surface area contributed by atoms with E-state index in [0.29, 0.717) is 40.8 Å². The molecular weight excluding hydrogens is 516 g/mol. The van der Waals surface area contributed by atoms with Gasteiger partial charge in [0.15, 0.2) is 11.6 Å². The van der Waals surface area contributed by atoms with Gasteiger partial charge in [-0.2, -0.15) is 0 Å². The number of carbonyl (C=O) groups is 1. The molecule has 3 unspecified atom stereocenters. The predicted octanol–water partition coefficient (Wildman–Crippen LogP) is 5.83. The molecule has 0 amide bonds. The highest BCUT2D eigenvalue weighted by Gasteiger charge is 2.62. The van der Waals surface area contributed by atoms with Crippen LogP contribution in [0.2, 0.25) is 0 Å². The molecule has 0 bridgehead atoms. The Balaban J connectivity index is 1.64. The Bertz CT molecular complexity index is 1470. The molecule has 2 aliphatic heterocycles. The zero-order valence-corrected chi connectivity index (χ0v) is 22.3. The van der Waals surface area contributed by atoms with E-state index in [1.165, 1.54) is 20.1 Å². The van der Waals surface area contributed by atoms with Crippen molar-refractivity contribution in [2.24, 2.45) is 10.9 Å². The number of esters is 1. The molecule has 4 heterocycles. The molecule has 1 fully saturated rings. The van der Waals surface area contributed by atoms with Crippen LogP contribution in [0.1, 0.15) is 75.2 Å². The number of imidazole rings is 1. The number of methoxy groups -OCH3 is 1. The van der Waals surface area contributed by atoms with Gasteiger partial charge in [0.1, 0.15) is 34.8 Å². The molecule has 11 heteroatoms. The highest BCUT2D eigenvalue weighted by Crippen LogP contribution is 2.58. The summed E-state index contributed by atoms with van der Waals surface area (Å²) in [7, 11) is 1.30. The summed E-state index contributed by atoms with van der Waals surface area (Å²) in [5, 5.41) is 0. The molecule has 3 aromatic rings. The summed E-state index contributed by atoms with van der Waals surface area (Å²) in [6.45, 7) is 5.46. The van der Waals surface area contributed by atoms with E-state index in [0.717, 1.165) is 13.0 Å². The van der Waals surface area contributed by atoms with E-state index in [1.54, 1.807) is 26.1 Å². The fraction of sp³-hybridized carbons (Fsp3) is 0.500. The maximum Gasteiger partial charge on any atom is 0.330 e. The summed E-state index contributed by atoms with van der Waals surface area (Å²) in [5.74, 6) is -6.95. The van der Waals surface area contributed by atoms with Crippen LogP contribution in [0.25, 0.3) is 11.0 Å². The lowest BCUT2D eigenvalue weighted by Crippen LogP contribution is -2.47. The number of hydrogen-bond donors (Lipinski definition) is 1. The van der Waals surface area contributed by atoms with Crippen LogP contribution in [0.15, 0.2) is 29.4 Å². The van der Waals surface area contributed by atoms with Crippen molar-refractivity contribution in [2.75, 3.05) is 7.11 Å². The Labute approximate surface area is 223 Å². The lowest BCUT2D eigenvalue weighted by molar-refractivity contribution is -0.196. The summed E-state index contributed by atoms with van der Waals surface area (Å²) in [5.41, 5.74) is 0.691. The molecule has 5 rings (SSSR count). The number of benzene rings is 1. The lowest BCUT2D eigenvalue weighted by Gasteiger charge is -2.35. The van der Waals surface area contributed by atoms with Crippen molar-refractivity contribution in [3.05, 3.63) is 58.7 Å². The number of halogens is 4. The number of nitrogens with one attached hydrogen (secondary N) is 1. The summed E-state index contributed by atoms with van der Waals surface area (Å²) >= 11 is 0. The van der Waals surface area contributed by atoms with E-state index in [4.69, 9.17) is 14.5 Å². The van der Waals surface area contributed by atoms with Gasteiger partial charge in [-0.1, -0.05) is 19.9 Å². The monoisotopic (exact) mass is 546 g/mol. The molecule has 0 radical (unpaired) electrons. The molecule has 39 heavy (non-hydrogen) atoms. The molecule has 1 N–H and O–H groups in total. The third-order valence-corrected chi connectivity index (χ3v) is 8.32. The fourth-order valence-corrected chi connectivity index (χ4v) is 5.87. The molecule has 0 spiro atoms. The number of aliphatic imine (C=N–C) groups is 1. The number of H-pyrrole nitrogens is 1. The number of aromatic amines is 1. The van der Waals surface area contributed by atoms with E-state index in [2.05, 4.69) is 15.0 Å². The second kappa shape index (κ2) is 9.69. The molecule has 0 saturated carbocycles.